The van der Waals surface area contributed by atoms with E-state index in [1.54, 1.807) is 17.4 Å². The molecule has 4 heteroatoms. The van der Waals surface area contributed by atoms with Gasteiger partial charge in [0.1, 0.15) is 10.8 Å². The minimum absolute atomic E-state index is 0.511. The molecule has 0 aliphatic carbocycles. The van der Waals surface area contributed by atoms with Gasteiger partial charge < -0.3 is 5.73 Å². The van der Waals surface area contributed by atoms with Crippen molar-refractivity contribution in [3.8, 4) is 10.6 Å². The maximum Gasteiger partial charge on any atom is 0.173 e. The zero-order valence-electron chi connectivity index (χ0n) is 8.42. The highest BCUT2D eigenvalue weighted by Gasteiger charge is 2.06. The lowest BCUT2D eigenvalue weighted by atomic mass is 10.2. The first-order valence-electron chi connectivity index (χ1n) is 4.91. The average Bonchev–Trinajstić information content (AvgIpc) is 2.73. The molecule has 3 nitrogen and oxygen atoms in total. The molecule has 0 bridgehead atoms. The summed E-state index contributed by atoms with van der Waals surface area (Å²) in [6.07, 6.45) is 0. The topological polar surface area (TPSA) is 51.8 Å². The molecule has 0 saturated carbocycles. The fourth-order valence-corrected chi connectivity index (χ4v) is 2.45. The highest BCUT2D eigenvalue weighted by atomic mass is 32.1. The van der Waals surface area contributed by atoms with Crippen LogP contribution in [0, 0.1) is 0 Å². The fourth-order valence-electron chi connectivity index (χ4n) is 1.54. The monoisotopic (exact) mass is 227 g/mol. The van der Waals surface area contributed by atoms with E-state index in [-0.39, 0.29) is 0 Å². The van der Waals surface area contributed by atoms with Gasteiger partial charge in [0, 0.05) is 5.56 Å². The number of rotatable bonds is 1. The molecule has 78 valence electrons. The Morgan fingerprint density at radius 3 is 2.56 bits per heavy atom. The number of nitrogens with two attached hydrogens (primary N) is 1. The van der Waals surface area contributed by atoms with Crippen molar-refractivity contribution >= 4 is 27.5 Å². The number of pyridine rings is 1. The van der Waals surface area contributed by atoms with Gasteiger partial charge in [0.15, 0.2) is 5.65 Å². The molecular formula is C12H9N3S. The molecule has 0 aliphatic rings. The third-order valence-corrected chi connectivity index (χ3v) is 3.35. The Morgan fingerprint density at radius 1 is 0.938 bits per heavy atom. The maximum atomic E-state index is 5.63. The molecular weight excluding hydrogens is 218 g/mol. The number of fused-ring (bicyclic) bond motifs is 1. The first-order chi connectivity index (χ1) is 7.83. The van der Waals surface area contributed by atoms with Gasteiger partial charge in [-0.1, -0.05) is 30.3 Å². The van der Waals surface area contributed by atoms with E-state index in [0.717, 1.165) is 20.9 Å². The SMILES string of the molecule is Nc1ccc2sc(-c3ccccc3)nc2n1. The number of hydrogen-bond acceptors (Lipinski definition) is 4. The molecule has 2 N–H and O–H groups in total. The molecule has 0 unspecified atom stereocenters. The minimum Gasteiger partial charge on any atom is -0.384 e. The van der Waals surface area contributed by atoms with E-state index in [1.807, 2.05) is 36.4 Å². The van der Waals surface area contributed by atoms with Crippen molar-refractivity contribution in [2.45, 2.75) is 0 Å². The zero-order valence-corrected chi connectivity index (χ0v) is 9.24. The zero-order chi connectivity index (χ0) is 11.0. The average molecular weight is 227 g/mol. The maximum absolute atomic E-state index is 5.63. The summed E-state index contributed by atoms with van der Waals surface area (Å²) in [5, 5.41) is 0.980. The van der Waals surface area contributed by atoms with E-state index in [2.05, 4.69) is 9.97 Å². The molecule has 2 heterocycles. The smallest absolute Gasteiger partial charge is 0.173 e. The number of anilines is 1. The number of thiazole rings is 1. The lowest BCUT2D eigenvalue weighted by Crippen LogP contribution is -1.88. The van der Waals surface area contributed by atoms with Gasteiger partial charge in [-0.15, -0.1) is 11.3 Å². The van der Waals surface area contributed by atoms with Gasteiger partial charge in [0.05, 0.1) is 4.70 Å². The van der Waals surface area contributed by atoms with Crippen LogP contribution in [0.4, 0.5) is 5.82 Å². The first kappa shape index (κ1) is 9.30. The van der Waals surface area contributed by atoms with Crippen molar-refractivity contribution in [2.24, 2.45) is 0 Å². The number of aromatic nitrogens is 2. The van der Waals surface area contributed by atoms with E-state index in [1.165, 1.54) is 0 Å². The summed E-state index contributed by atoms with van der Waals surface area (Å²) < 4.78 is 1.06. The molecule has 0 aliphatic heterocycles. The van der Waals surface area contributed by atoms with Gasteiger partial charge in [-0.25, -0.2) is 9.97 Å². The van der Waals surface area contributed by atoms with Crippen LogP contribution in [0.25, 0.3) is 20.9 Å². The molecule has 0 spiro atoms. The summed E-state index contributed by atoms with van der Waals surface area (Å²) in [4.78, 5) is 8.67. The Balaban J connectivity index is 2.19. The molecule has 0 amide bonds. The summed E-state index contributed by atoms with van der Waals surface area (Å²) >= 11 is 1.63. The van der Waals surface area contributed by atoms with Gasteiger partial charge in [0.25, 0.3) is 0 Å². The molecule has 0 saturated heterocycles. The molecule has 0 fully saturated rings. The van der Waals surface area contributed by atoms with Gasteiger partial charge >= 0.3 is 0 Å². The largest absolute Gasteiger partial charge is 0.384 e. The predicted octanol–water partition coefficient (Wildman–Crippen LogP) is 2.94. The number of benzene rings is 1. The second-order valence-electron chi connectivity index (χ2n) is 3.44. The summed E-state index contributed by atoms with van der Waals surface area (Å²) in [7, 11) is 0. The molecule has 0 radical (unpaired) electrons. The molecule has 0 atom stereocenters. The van der Waals surface area contributed by atoms with Crippen molar-refractivity contribution in [1.29, 1.82) is 0 Å². The summed E-state index contributed by atoms with van der Waals surface area (Å²) in [5.74, 6) is 0.511. The lowest BCUT2D eigenvalue weighted by molar-refractivity contribution is 1.33. The van der Waals surface area contributed by atoms with Crippen LogP contribution in [0.1, 0.15) is 0 Å². The molecule has 16 heavy (non-hydrogen) atoms. The van der Waals surface area contributed by atoms with Crippen molar-refractivity contribution in [3.05, 3.63) is 42.5 Å². The fraction of sp³-hybridized carbons (Fsp3) is 0. The van der Waals surface area contributed by atoms with E-state index in [4.69, 9.17) is 5.73 Å². The summed E-state index contributed by atoms with van der Waals surface area (Å²) in [6.45, 7) is 0. The Bertz CT molecular complexity index is 631. The van der Waals surface area contributed by atoms with Crippen LogP contribution in [0.15, 0.2) is 42.5 Å². The Hall–Kier alpha value is -1.94. The normalized spacial score (nSPS) is 10.8. The second-order valence-corrected chi connectivity index (χ2v) is 4.47. The van der Waals surface area contributed by atoms with Crippen LogP contribution < -0.4 is 5.73 Å². The van der Waals surface area contributed by atoms with E-state index >= 15 is 0 Å². The van der Waals surface area contributed by atoms with E-state index < -0.39 is 0 Å². The van der Waals surface area contributed by atoms with Gasteiger partial charge in [-0.2, -0.15) is 0 Å². The quantitative estimate of drug-likeness (QED) is 0.695. The molecule has 2 aromatic heterocycles. The van der Waals surface area contributed by atoms with Crippen molar-refractivity contribution < 1.29 is 0 Å². The molecule has 3 aromatic rings. The first-order valence-corrected chi connectivity index (χ1v) is 5.73. The second kappa shape index (κ2) is 3.57. The molecule has 1 aromatic carbocycles. The van der Waals surface area contributed by atoms with Crippen molar-refractivity contribution in [1.82, 2.24) is 9.97 Å². The van der Waals surface area contributed by atoms with E-state index in [0.29, 0.717) is 5.82 Å². The van der Waals surface area contributed by atoms with Gasteiger partial charge in [0.2, 0.25) is 0 Å². The predicted molar refractivity (Wildman–Crippen MR) is 67.3 cm³/mol. The highest BCUT2D eigenvalue weighted by Crippen LogP contribution is 2.29. The van der Waals surface area contributed by atoms with Crippen LogP contribution in [0.3, 0.4) is 0 Å². The summed E-state index contributed by atoms with van der Waals surface area (Å²) in [6, 6.07) is 13.8. The van der Waals surface area contributed by atoms with Crippen LogP contribution >= 0.6 is 11.3 Å². The minimum atomic E-state index is 0.511. The standard InChI is InChI=1S/C12H9N3S/c13-10-7-6-9-11(14-10)15-12(16-9)8-4-2-1-3-5-8/h1-7H,(H2,13,14). The Kier molecular flexibility index (Phi) is 2.08. The van der Waals surface area contributed by atoms with Crippen LogP contribution in [-0.4, -0.2) is 9.97 Å². The number of nitrogen functional groups attached to an aromatic ring is 1. The third kappa shape index (κ3) is 1.53. The molecule has 3 rings (SSSR count). The Morgan fingerprint density at radius 2 is 1.75 bits per heavy atom. The van der Waals surface area contributed by atoms with Gasteiger partial charge in [-0.3, -0.25) is 0 Å². The van der Waals surface area contributed by atoms with Crippen LogP contribution in [-0.2, 0) is 0 Å². The Labute approximate surface area is 96.6 Å². The van der Waals surface area contributed by atoms with Gasteiger partial charge in [-0.05, 0) is 12.1 Å². The number of nitrogens with zero attached hydrogens (tertiary/aromatic N) is 2. The number of hydrogen-bond donors (Lipinski definition) is 1. The summed E-state index contributed by atoms with van der Waals surface area (Å²) in [5.41, 5.74) is 7.47. The highest BCUT2D eigenvalue weighted by molar-refractivity contribution is 7.21. The third-order valence-electron chi connectivity index (χ3n) is 2.30. The lowest BCUT2D eigenvalue weighted by Gasteiger charge is -1.92. The van der Waals surface area contributed by atoms with Crippen molar-refractivity contribution in [3.63, 3.8) is 0 Å². The van der Waals surface area contributed by atoms with Crippen LogP contribution in [0.5, 0.6) is 0 Å². The van der Waals surface area contributed by atoms with E-state index in [9.17, 15) is 0 Å². The van der Waals surface area contributed by atoms with Crippen molar-refractivity contribution in [2.75, 3.05) is 5.73 Å². The van der Waals surface area contributed by atoms with Crippen LogP contribution in [0.2, 0.25) is 0 Å².